The summed E-state index contributed by atoms with van der Waals surface area (Å²) in [4.78, 5) is 15.1. The number of morpholine rings is 1. The summed E-state index contributed by atoms with van der Waals surface area (Å²) in [5, 5.41) is 7.25. The molecule has 4 rings (SSSR count). The summed E-state index contributed by atoms with van der Waals surface area (Å²) >= 11 is 0. The summed E-state index contributed by atoms with van der Waals surface area (Å²) in [6, 6.07) is 16.3. The molecular formula is C23H25FN4O2. The van der Waals surface area contributed by atoms with Crippen molar-refractivity contribution >= 4 is 5.91 Å². The van der Waals surface area contributed by atoms with Crippen LogP contribution in [0.4, 0.5) is 4.39 Å². The first-order valence-electron chi connectivity index (χ1n) is 10.1. The van der Waals surface area contributed by atoms with Crippen LogP contribution in [0.25, 0.3) is 5.69 Å². The highest BCUT2D eigenvalue weighted by atomic mass is 19.1. The summed E-state index contributed by atoms with van der Waals surface area (Å²) in [7, 11) is 0. The maximum absolute atomic E-state index is 14.0. The molecule has 0 bridgehead atoms. The van der Waals surface area contributed by atoms with Crippen LogP contribution >= 0.6 is 0 Å². The molecule has 0 radical (unpaired) electrons. The fourth-order valence-electron chi connectivity index (χ4n) is 3.72. The number of amides is 1. The third kappa shape index (κ3) is 4.58. The molecule has 156 valence electrons. The number of carbonyl (C=O) groups excluding carboxylic acids is 1. The van der Waals surface area contributed by atoms with E-state index >= 15 is 0 Å². The lowest BCUT2D eigenvalue weighted by atomic mass is 10.0. The summed E-state index contributed by atoms with van der Waals surface area (Å²) < 4.78 is 20.9. The Hall–Kier alpha value is -3.03. The van der Waals surface area contributed by atoms with Gasteiger partial charge in [-0.1, -0.05) is 42.0 Å². The lowest BCUT2D eigenvalue weighted by Gasteiger charge is -2.35. The summed E-state index contributed by atoms with van der Waals surface area (Å²) in [6.45, 7) is 5.52. The summed E-state index contributed by atoms with van der Waals surface area (Å²) in [5.74, 6) is -0.671. The zero-order valence-electron chi connectivity index (χ0n) is 16.9. The quantitative estimate of drug-likeness (QED) is 0.681. The molecule has 1 atom stereocenters. The molecule has 2 heterocycles. The molecule has 30 heavy (non-hydrogen) atoms. The number of carbonyl (C=O) groups is 1. The third-order valence-corrected chi connectivity index (χ3v) is 5.29. The van der Waals surface area contributed by atoms with E-state index in [4.69, 9.17) is 4.74 Å². The van der Waals surface area contributed by atoms with E-state index in [0.29, 0.717) is 25.4 Å². The van der Waals surface area contributed by atoms with Crippen LogP contribution in [0.5, 0.6) is 0 Å². The molecule has 1 N–H and O–H groups in total. The van der Waals surface area contributed by atoms with Crippen molar-refractivity contribution < 1.29 is 13.9 Å². The first-order valence-corrected chi connectivity index (χ1v) is 10.1. The molecule has 0 saturated carbocycles. The fraction of sp³-hybridized carbons (Fsp3) is 0.304. The van der Waals surface area contributed by atoms with Crippen molar-refractivity contribution in [3.63, 3.8) is 0 Å². The third-order valence-electron chi connectivity index (χ3n) is 5.29. The second-order valence-electron chi connectivity index (χ2n) is 7.39. The first kappa shape index (κ1) is 20.3. The van der Waals surface area contributed by atoms with Crippen molar-refractivity contribution in [3.8, 4) is 5.69 Å². The van der Waals surface area contributed by atoms with Crippen LogP contribution in [0.15, 0.2) is 60.8 Å². The maximum atomic E-state index is 14.0. The highest BCUT2D eigenvalue weighted by molar-refractivity contribution is 5.92. The normalized spacial score (nSPS) is 15.7. The number of para-hydroxylation sites is 1. The van der Waals surface area contributed by atoms with Crippen molar-refractivity contribution in [1.82, 2.24) is 20.0 Å². The van der Waals surface area contributed by atoms with E-state index in [1.807, 2.05) is 6.07 Å². The predicted molar refractivity (Wildman–Crippen MR) is 112 cm³/mol. The highest BCUT2D eigenvalue weighted by Crippen LogP contribution is 2.22. The maximum Gasteiger partial charge on any atom is 0.271 e. The molecular weight excluding hydrogens is 383 g/mol. The Bertz CT molecular complexity index is 1010. The molecule has 7 heteroatoms. The Morgan fingerprint density at radius 2 is 1.97 bits per heavy atom. The second-order valence-corrected chi connectivity index (χ2v) is 7.39. The van der Waals surface area contributed by atoms with E-state index in [1.54, 1.807) is 30.5 Å². The zero-order chi connectivity index (χ0) is 20.9. The van der Waals surface area contributed by atoms with Gasteiger partial charge in [-0.05, 0) is 30.7 Å². The van der Waals surface area contributed by atoms with E-state index in [0.717, 1.165) is 18.7 Å². The topological polar surface area (TPSA) is 59.4 Å². The molecule has 1 aliphatic rings. The standard InChI is InChI=1S/C23H25FN4O2/c1-17-5-4-6-18(15-17)22(27-11-13-30-14-12-27)16-25-23(29)20-9-10-28(26-20)21-8-3-2-7-19(21)24/h2-10,15,22H,11-14,16H2,1H3,(H,25,29). The van der Waals surface area contributed by atoms with Gasteiger partial charge in [0.1, 0.15) is 11.5 Å². The van der Waals surface area contributed by atoms with Crippen LogP contribution < -0.4 is 5.32 Å². The number of nitrogens with zero attached hydrogens (tertiary/aromatic N) is 3. The van der Waals surface area contributed by atoms with Gasteiger partial charge in [-0.25, -0.2) is 9.07 Å². The van der Waals surface area contributed by atoms with Crippen molar-refractivity contribution in [2.75, 3.05) is 32.8 Å². The molecule has 1 amide bonds. The molecule has 1 saturated heterocycles. The van der Waals surface area contributed by atoms with Crippen LogP contribution in [0, 0.1) is 12.7 Å². The molecule has 3 aromatic rings. The molecule has 1 fully saturated rings. The van der Waals surface area contributed by atoms with Crippen molar-refractivity contribution in [1.29, 1.82) is 0 Å². The van der Waals surface area contributed by atoms with Gasteiger partial charge in [0, 0.05) is 25.8 Å². The van der Waals surface area contributed by atoms with Gasteiger partial charge in [0.15, 0.2) is 5.69 Å². The van der Waals surface area contributed by atoms with Crippen LogP contribution in [0.3, 0.4) is 0 Å². The molecule has 6 nitrogen and oxygen atoms in total. The minimum atomic E-state index is -0.389. The number of ether oxygens (including phenoxy) is 1. The Morgan fingerprint density at radius 1 is 1.17 bits per heavy atom. The Balaban J connectivity index is 1.48. The minimum absolute atomic E-state index is 0.0476. The largest absolute Gasteiger partial charge is 0.379 e. The van der Waals surface area contributed by atoms with E-state index in [1.165, 1.54) is 16.3 Å². The summed E-state index contributed by atoms with van der Waals surface area (Å²) in [6.07, 6.45) is 1.59. The Morgan fingerprint density at radius 3 is 2.73 bits per heavy atom. The lowest BCUT2D eigenvalue weighted by molar-refractivity contribution is 0.0162. The van der Waals surface area contributed by atoms with Gasteiger partial charge in [0.05, 0.1) is 19.3 Å². The molecule has 1 aliphatic heterocycles. The van der Waals surface area contributed by atoms with Crippen molar-refractivity contribution in [3.05, 3.63) is 83.4 Å². The number of halogens is 1. The number of rotatable bonds is 6. The Kier molecular flexibility index (Phi) is 6.21. The van der Waals surface area contributed by atoms with Gasteiger partial charge < -0.3 is 10.1 Å². The molecule has 1 aromatic heterocycles. The SMILES string of the molecule is Cc1cccc(C(CNC(=O)c2ccn(-c3ccccc3F)n2)N2CCOCC2)c1. The molecule has 0 aliphatic carbocycles. The monoisotopic (exact) mass is 408 g/mol. The number of aromatic nitrogens is 2. The predicted octanol–water partition coefficient (Wildman–Crippen LogP) is 3.12. The average molecular weight is 408 g/mol. The number of aryl methyl sites for hydroxylation is 1. The fourth-order valence-corrected chi connectivity index (χ4v) is 3.72. The van der Waals surface area contributed by atoms with Crippen molar-refractivity contribution in [2.45, 2.75) is 13.0 Å². The zero-order valence-corrected chi connectivity index (χ0v) is 16.9. The molecule has 0 spiro atoms. The van der Waals surface area contributed by atoms with E-state index in [9.17, 15) is 9.18 Å². The second kappa shape index (κ2) is 9.19. The van der Waals surface area contributed by atoms with Crippen LogP contribution in [-0.2, 0) is 4.74 Å². The lowest BCUT2D eigenvalue weighted by Crippen LogP contribution is -2.43. The van der Waals surface area contributed by atoms with Gasteiger partial charge >= 0.3 is 0 Å². The summed E-state index contributed by atoms with van der Waals surface area (Å²) in [5.41, 5.74) is 2.90. The van der Waals surface area contributed by atoms with Gasteiger partial charge in [0.25, 0.3) is 5.91 Å². The van der Waals surface area contributed by atoms with Crippen LogP contribution in [0.1, 0.15) is 27.7 Å². The number of benzene rings is 2. The van der Waals surface area contributed by atoms with E-state index in [-0.39, 0.29) is 23.5 Å². The molecule has 1 unspecified atom stereocenters. The van der Waals surface area contributed by atoms with Crippen molar-refractivity contribution in [2.24, 2.45) is 0 Å². The van der Waals surface area contributed by atoms with Crippen LogP contribution in [-0.4, -0.2) is 53.4 Å². The van der Waals surface area contributed by atoms with Gasteiger partial charge in [0.2, 0.25) is 0 Å². The van der Waals surface area contributed by atoms with Gasteiger partial charge in [-0.3, -0.25) is 9.69 Å². The minimum Gasteiger partial charge on any atom is -0.379 e. The van der Waals surface area contributed by atoms with E-state index in [2.05, 4.69) is 40.4 Å². The highest BCUT2D eigenvalue weighted by Gasteiger charge is 2.24. The van der Waals surface area contributed by atoms with Gasteiger partial charge in [-0.15, -0.1) is 0 Å². The smallest absolute Gasteiger partial charge is 0.271 e. The van der Waals surface area contributed by atoms with Crippen LogP contribution in [0.2, 0.25) is 0 Å². The number of hydrogen-bond donors (Lipinski definition) is 1. The Labute approximate surface area is 175 Å². The van der Waals surface area contributed by atoms with E-state index < -0.39 is 0 Å². The average Bonchev–Trinajstić information content (AvgIpc) is 3.25. The molecule has 2 aromatic carbocycles. The van der Waals surface area contributed by atoms with Gasteiger partial charge in [-0.2, -0.15) is 5.10 Å². The first-order chi connectivity index (χ1) is 14.6. The number of nitrogens with one attached hydrogen (secondary N) is 1. The number of hydrogen-bond acceptors (Lipinski definition) is 4.